The minimum absolute atomic E-state index is 0.0617. The van der Waals surface area contributed by atoms with Crippen LogP contribution in [0.25, 0.3) is 11.4 Å². The maximum Gasteiger partial charge on any atom is 0.251 e. The molecule has 0 unspecified atom stereocenters. The number of hydrogen-bond acceptors (Lipinski definition) is 6. The number of aromatic amines is 1. The lowest BCUT2D eigenvalue weighted by Crippen LogP contribution is -2.37. The first-order chi connectivity index (χ1) is 12.9. The highest BCUT2D eigenvalue weighted by atomic mass is 32.2. The van der Waals surface area contributed by atoms with Gasteiger partial charge in [0.25, 0.3) is 5.56 Å². The maximum atomic E-state index is 12.9. The van der Waals surface area contributed by atoms with Crippen molar-refractivity contribution < 1.29 is 13.2 Å². The van der Waals surface area contributed by atoms with E-state index < -0.39 is 15.8 Å². The van der Waals surface area contributed by atoms with Crippen LogP contribution in [0.3, 0.4) is 0 Å². The van der Waals surface area contributed by atoms with Crippen LogP contribution in [0, 0.1) is 5.92 Å². The molecule has 2 fully saturated rings. The largest absolute Gasteiger partial charge is 0.332 e. The maximum absolute atomic E-state index is 12.9. The van der Waals surface area contributed by atoms with Crippen molar-refractivity contribution in [3.05, 3.63) is 46.6 Å². The van der Waals surface area contributed by atoms with Gasteiger partial charge in [0.05, 0.1) is 34.9 Å². The van der Waals surface area contributed by atoms with Crippen LogP contribution in [-0.2, 0) is 14.6 Å². The fourth-order valence-corrected chi connectivity index (χ4v) is 5.55. The molecule has 8 nitrogen and oxygen atoms in total. The van der Waals surface area contributed by atoms with Gasteiger partial charge in [0, 0.05) is 18.8 Å². The first-order valence-corrected chi connectivity index (χ1v) is 10.8. The molecule has 2 aromatic heterocycles. The number of H-pyrrole nitrogens is 1. The Labute approximate surface area is 156 Å². The van der Waals surface area contributed by atoms with Gasteiger partial charge in [-0.15, -0.1) is 0 Å². The summed E-state index contributed by atoms with van der Waals surface area (Å²) < 4.78 is 23.4. The lowest BCUT2D eigenvalue weighted by atomic mass is 10.1. The molecule has 2 aromatic rings. The summed E-state index contributed by atoms with van der Waals surface area (Å²) in [5.41, 5.74) is 0.739. The molecular weight excluding hydrogens is 368 g/mol. The Morgan fingerprint density at radius 2 is 2.07 bits per heavy atom. The fourth-order valence-electron chi connectivity index (χ4n) is 3.82. The Balaban J connectivity index is 1.63. The monoisotopic (exact) mass is 388 g/mol. The zero-order valence-corrected chi connectivity index (χ0v) is 15.5. The third-order valence-corrected chi connectivity index (χ3v) is 6.89. The van der Waals surface area contributed by atoms with Crippen molar-refractivity contribution in [3.8, 4) is 11.4 Å². The van der Waals surface area contributed by atoms with Gasteiger partial charge in [-0.05, 0) is 31.4 Å². The van der Waals surface area contributed by atoms with E-state index in [4.69, 9.17) is 0 Å². The highest BCUT2D eigenvalue weighted by Crippen LogP contribution is 2.33. The van der Waals surface area contributed by atoms with Crippen LogP contribution >= 0.6 is 0 Å². The number of likely N-dealkylation sites (tertiary alicyclic amines) is 1. The minimum Gasteiger partial charge on any atom is -0.332 e. The quantitative estimate of drug-likeness (QED) is 0.837. The average Bonchev–Trinajstić information content (AvgIpc) is 3.28. The van der Waals surface area contributed by atoms with Crippen molar-refractivity contribution in [2.75, 3.05) is 18.1 Å². The van der Waals surface area contributed by atoms with Crippen molar-refractivity contribution in [3.63, 3.8) is 0 Å². The number of aromatic nitrogens is 3. The topological polar surface area (TPSA) is 113 Å². The van der Waals surface area contributed by atoms with Crippen LogP contribution in [0.5, 0.6) is 0 Å². The molecule has 2 aliphatic rings. The van der Waals surface area contributed by atoms with Crippen molar-refractivity contribution >= 4 is 15.7 Å². The molecule has 0 aromatic carbocycles. The Morgan fingerprint density at radius 3 is 2.78 bits per heavy atom. The second-order valence-electron chi connectivity index (χ2n) is 7.02. The summed E-state index contributed by atoms with van der Waals surface area (Å²) in [6.45, 7) is 0.539. The van der Waals surface area contributed by atoms with Gasteiger partial charge in [-0.25, -0.2) is 13.4 Å². The van der Waals surface area contributed by atoms with E-state index >= 15 is 0 Å². The number of nitrogens with one attached hydrogen (secondary N) is 1. The van der Waals surface area contributed by atoms with Crippen LogP contribution in [-0.4, -0.2) is 52.2 Å². The van der Waals surface area contributed by atoms with Crippen LogP contribution in [0.15, 0.2) is 35.3 Å². The molecular formula is C18H20N4O4S. The third kappa shape index (κ3) is 3.64. The normalized spacial score (nSPS) is 24.2. The molecule has 0 radical (unpaired) electrons. The number of amides is 1. The number of pyridine rings is 1. The second-order valence-corrected chi connectivity index (χ2v) is 9.25. The summed E-state index contributed by atoms with van der Waals surface area (Å²) in [7, 11) is -3.13. The lowest BCUT2D eigenvalue weighted by molar-refractivity contribution is -0.135. The number of carbonyl (C=O) groups excluding carboxylic acids is 1. The first kappa shape index (κ1) is 17.8. The molecule has 2 aliphatic heterocycles. The van der Waals surface area contributed by atoms with Crippen LogP contribution in [0.1, 0.15) is 31.1 Å². The Morgan fingerprint density at radius 1 is 1.22 bits per heavy atom. The molecule has 142 valence electrons. The zero-order chi connectivity index (χ0) is 19.0. The zero-order valence-electron chi connectivity index (χ0n) is 14.7. The average molecular weight is 388 g/mol. The predicted molar refractivity (Wildman–Crippen MR) is 98.5 cm³/mol. The highest BCUT2D eigenvalue weighted by molar-refractivity contribution is 7.91. The number of sulfone groups is 1. The van der Waals surface area contributed by atoms with E-state index in [2.05, 4.69) is 15.0 Å². The van der Waals surface area contributed by atoms with Gasteiger partial charge in [0.15, 0.2) is 9.84 Å². The Kier molecular flexibility index (Phi) is 4.55. The molecule has 27 heavy (non-hydrogen) atoms. The Hall–Kier alpha value is -2.55. The second kappa shape index (κ2) is 6.88. The van der Waals surface area contributed by atoms with E-state index in [1.165, 1.54) is 6.07 Å². The number of hydrogen-bond donors (Lipinski definition) is 1. The first-order valence-electron chi connectivity index (χ1n) is 8.96. The summed E-state index contributed by atoms with van der Waals surface area (Å²) in [5.74, 6) is -0.264. The molecule has 2 saturated heterocycles. The Bertz CT molecular complexity index is 1020. The van der Waals surface area contributed by atoms with Gasteiger partial charge < -0.3 is 9.88 Å². The summed E-state index contributed by atoms with van der Waals surface area (Å²) in [5, 5.41) is 0. The minimum atomic E-state index is -3.13. The molecule has 2 atom stereocenters. The standard InChI is InChI=1S/C18H20N4O4S/c23-16-10-14(13-4-1-2-7-19-13)20-17(21-16)15-5-3-8-22(15)18(24)12-6-9-27(25,26)11-12/h1-2,4,7,10,12,15H,3,5-6,8-9,11H2,(H,20,21,23)/t12-,15-/m0/s1. The summed E-state index contributed by atoms with van der Waals surface area (Å²) >= 11 is 0. The van der Waals surface area contributed by atoms with Gasteiger partial charge in [-0.1, -0.05) is 6.07 Å². The van der Waals surface area contributed by atoms with Crippen LogP contribution < -0.4 is 5.56 Å². The molecule has 1 N–H and O–H groups in total. The highest BCUT2D eigenvalue weighted by Gasteiger charge is 2.40. The molecule has 4 heterocycles. The molecule has 9 heteroatoms. The van der Waals surface area contributed by atoms with E-state index in [0.717, 1.165) is 6.42 Å². The molecule has 0 aliphatic carbocycles. The van der Waals surface area contributed by atoms with Crippen molar-refractivity contribution in [1.29, 1.82) is 0 Å². The SMILES string of the molecule is O=C([C@H]1CCS(=O)(=O)C1)N1CCC[C@H]1c1nc(-c2ccccn2)cc(=O)[nH]1. The van der Waals surface area contributed by atoms with E-state index in [1.807, 2.05) is 6.07 Å². The third-order valence-electron chi connectivity index (χ3n) is 5.12. The lowest BCUT2D eigenvalue weighted by Gasteiger charge is -2.26. The van der Waals surface area contributed by atoms with E-state index in [0.29, 0.717) is 36.6 Å². The van der Waals surface area contributed by atoms with E-state index in [-0.39, 0.29) is 29.0 Å². The van der Waals surface area contributed by atoms with Crippen LogP contribution in [0.4, 0.5) is 0 Å². The fraction of sp³-hybridized carbons (Fsp3) is 0.444. The molecule has 4 rings (SSSR count). The van der Waals surface area contributed by atoms with Crippen LogP contribution in [0.2, 0.25) is 0 Å². The van der Waals surface area contributed by atoms with Crippen molar-refractivity contribution in [2.45, 2.75) is 25.3 Å². The summed E-state index contributed by atoms with van der Waals surface area (Å²) in [6.07, 6.45) is 3.46. The molecule has 1 amide bonds. The molecule has 0 saturated carbocycles. The van der Waals surface area contributed by atoms with Gasteiger partial charge in [0.2, 0.25) is 5.91 Å². The van der Waals surface area contributed by atoms with E-state index in [9.17, 15) is 18.0 Å². The van der Waals surface area contributed by atoms with Gasteiger partial charge in [0.1, 0.15) is 5.82 Å². The van der Waals surface area contributed by atoms with E-state index in [1.54, 1.807) is 23.2 Å². The molecule has 0 spiro atoms. The van der Waals surface area contributed by atoms with Gasteiger partial charge in [-0.2, -0.15) is 0 Å². The number of carbonyl (C=O) groups is 1. The van der Waals surface area contributed by atoms with Gasteiger partial charge in [-0.3, -0.25) is 14.6 Å². The van der Waals surface area contributed by atoms with Crippen molar-refractivity contribution in [1.82, 2.24) is 19.9 Å². The number of nitrogens with zero attached hydrogens (tertiary/aromatic N) is 3. The molecule has 0 bridgehead atoms. The predicted octanol–water partition coefficient (Wildman–Crippen LogP) is 0.930. The van der Waals surface area contributed by atoms with Gasteiger partial charge >= 0.3 is 0 Å². The van der Waals surface area contributed by atoms with Crippen molar-refractivity contribution in [2.24, 2.45) is 5.92 Å². The summed E-state index contributed by atoms with van der Waals surface area (Å²) in [4.78, 5) is 38.2. The summed E-state index contributed by atoms with van der Waals surface area (Å²) in [6, 6.07) is 6.40. The smallest absolute Gasteiger partial charge is 0.251 e. The number of rotatable bonds is 3.